The molecule has 1 heteroatoms. The molecule has 0 fully saturated rings. The Morgan fingerprint density at radius 1 is 1.18 bits per heavy atom. The molecule has 1 aromatic carbocycles. The van der Waals surface area contributed by atoms with E-state index in [2.05, 4.69) is 35.7 Å². The van der Waals surface area contributed by atoms with E-state index < -0.39 is 0 Å². The molecule has 0 saturated heterocycles. The zero-order valence-corrected chi connectivity index (χ0v) is 9.48. The standard InChI is InChI=1S/C16H12N/c1-2-6-15-8-3-4-9-16(15)11-10-14-7-5-12-17-13-14/h2-5,7-9,12H,1,6H2. The molecule has 0 aliphatic heterocycles. The molecule has 0 saturated carbocycles. The van der Waals surface area contributed by atoms with Gasteiger partial charge in [0.1, 0.15) is 6.20 Å². The Morgan fingerprint density at radius 2 is 2.06 bits per heavy atom. The molecule has 0 spiro atoms. The second-order valence-corrected chi connectivity index (χ2v) is 3.56. The van der Waals surface area contributed by atoms with E-state index in [-0.39, 0.29) is 0 Å². The third-order valence-electron chi connectivity index (χ3n) is 2.32. The van der Waals surface area contributed by atoms with Crippen LogP contribution in [0.1, 0.15) is 16.7 Å². The van der Waals surface area contributed by atoms with Crippen LogP contribution in [0.25, 0.3) is 0 Å². The van der Waals surface area contributed by atoms with Gasteiger partial charge in [0.05, 0.1) is 5.56 Å². The number of aromatic nitrogens is 1. The Morgan fingerprint density at radius 3 is 2.82 bits per heavy atom. The van der Waals surface area contributed by atoms with Gasteiger partial charge in [-0.3, -0.25) is 4.98 Å². The highest BCUT2D eigenvalue weighted by Gasteiger charge is 1.95. The first kappa shape index (κ1) is 11.2. The van der Waals surface area contributed by atoms with E-state index in [9.17, 15) is 0 Å². The van der Waals surface area contributed by atoms with Crippen molar-refractivity contribution in [1.82, 2.24) is 4.98 Å². The maximum Gasteiger partial charge on any atom is 0.105 e. The molecule has 0 atom stereocenters. The van der Waals surface area contributed by atoms with Crippen molar-refractivity contribution < 1.29 is 0 Å². The van der Waals surface area contributed by atoms with Crippen LogP contribution in [-0.4, -0.2) is 4.98 Å². The summed E-state index contributed by atoms with van der Waals surface area (Å²) in [4.78, 5) is 3.91. The summed E-state index contributed by atoms with van der Waals surface area (Å²) >= 11 is 0. The van der Waals surface area contributed by atoms with Crippen LogP contribution in [0.3, 0.4) is 0 Å². The maximum absolute atomic E-state index is 3.91. The smallest absolute Gasteiger partial charge is 0.105 e. The normalized spacial score (nSPS) is 9.18. The lowest BCUT2D eigenvalue weighted by Gasteiger charge is -1.99. The van der Waals surface area contributed by atoms with Crippen molar-refractivity contribution >= 4 is 0 Å². The van der Waals surface area contributed by atoms with Gasteiger partial charge in [0.15, 0.2) is 0 Å². The fraction of sp³-hybridized carbons (Fsp3) is 0.0625. The van der Waals surface area contributed by atoms with Gasteiger partial charge in [0.2, 0.25) is 0 Å². The predicted molar refractivity (Wildman–Crippen MR) is 69.4 cm³/mol. The third kappa shape index (κ3) is 3.06. The summed E-state index contributed by atoms with van der Waals surface area (Å²) in [5.41, 5.74) is 3.03. The molecular formula is C16H12N. The third-order valence-corrected chi connectivity index (χ3v) is 2.32. The van der Waals surface area contributed by atoms with E-state index in [4.69, 9.17) is 0 Å². The highest BCUT2D eigenvalue weighted by atomic mass is 14.6. The van der Waals surface area contributed by atoms with Crippen LogP contribution in [0.15, 0.2) is 55.3 Å². The minimum absolute atomic E-state index is 0.806. The van der Waals surface area contributed by atoms with Crippen molar-refractivity contribution in [3.63, 3.8) is 0 Å². The first-order valence-electron chi connectivity index (χ1n) is 5.43. The number of hydrogen-bond donors (Lipinski definition) is 0. The van der Waals surface area contributed by atoms with Crippen molar-refractivity contribution in [2.24, 2.45) is 0 Å². The number of hydrogen-bond acceptors (Lipinski definition) is 1. The number of rotatable bonds is 2. The lowest BCUT2D eigenvalue weighted by Crippen LogP contribution is -1.87. The molecular weight excluding hydrogens is 206 g/mol. The van der Waals surface area contributed by atoms with Gasteiger partial charge in [0, 0.05) is 11.8 Å². The van der Waals surface area contributed by atoms with Crippen molar-refractivity contribution in [2.75, 3.05) is 0 Å². The van der Waals surface area contributed by atoms with E-state index >= 15 is 0 Å². The van der Waals surface area contributed by atoms with Gasteiger partial charge < -0.3 is 0 Å². The molecule has 1 radical (unpaired) electrons. The largest absolute Gasteiger partial charge is 0.253 e. The summed E-state index contributed by atoms with van der Waals surface area (Å²) in [5, 5.41) is 0. The van der Waals surface area contributed by atoms with Gasteiger partial charge in [-0.15, -0.1) is 6.58 Å². The summed E-state index contributed by atoms with van der Waals surface area (Å²) in [5.74, 6) is 6.20. The van der Waals surface area contributed by atoms with Crippen LogP contribution in [0.2, 0.25) is 0 Å². The molecule has 0 N–H and O–H groups in total. The van der Waals surface area contributed by atoms with E-state index in [1.807, 2.05) is 36.4 Å². The fourth-order valence-corrected chi connectivity index (χ4v) is 1.51. The molecule has 17 heavy (non-hydrogen) atoms. The lowest BCUT2D eigenvalue weighted by atomic mass is 10.0. The molecule has 2 rings (SSSR count). The molecule has 81 valence electrons. The second-order valence-electron chi connectivity index (χ2n) is 3.56. The van der Waals surface area contributed by atoms with Crippen molar-refractivity contribution in [3.05, 3.63) is 78.1 Å². The summed E-state index contributed by atoms with van der Waals surface area (Å²) in [6.07, 6.45) is 7.26. The molecule has 1 aromatic heterocycles. The van der Waals surface area contributed by atoms with Crippen LogP contribution in [-0.2, 0) is 6.42 Å². The highest BCUT2D eigenvalue weighted by Crippen LogP contribution is 2.08. The van der Waals surface area contributed by atoms with E-state index in [1.165, 1.54) is 5.56 Å². The van der Waals surface area contributed by atoms with Gasteiger partial charge in [0.25, 0.3) is 0 Å². The molecule has 1 nitrogen and oxygen atoms in total. The molecule has 0 amide bonds. The predicted octanol–water partition coefficient (Wildman–Crippen LogP) is 3.01. The summed E-state index contributed by atoms with van der Waals surface area (Å²) in [6.45, 7) is 3.75. The van der Waals surface area contributed by atoms with Crippen molar-refractivity contribution in [2.45, 2.75) is 6.42 Å². The van der Waals surface area contributed by atoms with Gasteiger partial charge in [-0.25, -0.2) is 0 Å². The highest BCUT2D eigenvalue weighted by molar-refractivity contribution is 5.46. The fourth-order valence-electron chi connectivity index (χ4n) is 1.51. The Bertz CT molecular complexity index is 559. The SMILES string of the molecule is C=CCc1ccccc1C#Cc1[c]nccc1. The number of pyridine rings is 1. The van der Waals surface area contributed by atoms with E-state index in [0.717, 1.165) is 17.5 Å². The Labute approximate surface area is 102 Å². The molecule has 0 bridgehead atoms. The molecule has 2 aromatic rings. The van der Waals surface area contributed by atoms with Gasteiger partial charge >= 0.3 is 0 Å². The van der Waals surface area contributed by atoms with Crippen LogP contribution >= 0.6 is 0 Å². The van der Waals surface area contributed by atoms with Crippen LogP contribution < -0.4 is 0 Å². The minimum Gasteiger partial charge on any atom is -0.253 e. The van der Waals surface area contributed by atoms with Crippen molar-refractivity contribution in [1.29, 1.82) is 0 Å². The quantitative estimate of drug-likeness (QED) is 0.557. The average molecular weight is 218 g/mol. The molecule has 0 aliphatic rings. The zero-order chi connectivity index (χ0) is 11.9. The second kappa shape index (κ2) is 5.67. The maximum atomic E-state index is 3.91. The zero-order valence-electron chi connectivity index (χ0n) is 9.48. The van der Waals surface area contributed by atoms with Gasteiger partial charge in [-0.2, -0.15) is 0 Å². The minimum atomic E-state index is 0.806. The molecule has 0 unspecified atom stereocenters. The molecule has 1 heterocycles. The summed E-state index contributed by atoms with van der Waals surface area (Å²) in [6, 6.07) is 11.8. The van der Waals surface area contributed by atoms with Gasteiger partial charge in [-0.1, -0.05) is 36.1 Å². The average Bonchev–Trinajstić information content (AvgIpc) is 2.39. The van der Waals surface area contributed by atoms with Crippen LogP contribution in [0.4, 0.5) is 0 Å². The van der Waals surface area contributed by atoms with Crippen LogP contribution in [0.5, 0.6) is 0 Å². The van der Waals surface area contributed by atoms with E-state index in [0.29, 0.717) is 0 Å². The van der Waals surface area contributed by atoms with Crippen molar-refractivity contribution in [3.8, 4) is 11.8 Å². The first-order chi connectivity index (χ1) is 8.40. The number of allylic oxidation sites excluding steroid dienone is 1. The number of benzene rings is 1. The number of nitrogens with zero attached hydrogens (tertiary/aromatic N) is 1. The van der Waals surface area contributed by atoms with Gasteiger partial charge in [-0.05, 0) is 30.2 Å². The monoisotopic (exact) mass is 218 g/mol. The molecule has 0 aliphatic carbocycles. The first-order valence-corrected chi connectivity index (χ1v) is 5.43. The summed E-state index contributed by atoms with van der Waals surface area (Å²) < 4.78 is 0. The topological polar surface area (TPSA) is 12.9 Å². The Kier molecular flexibility index (Phi) is 3.72. The Hall–Kier alpha value is -2.33. The van der Waals surface area contributed by atoms with Crippen LogP contribution in [0, 0.1) is 18.0 Å². The summed E-state index contributed by atoms with van der Waals surface area (Å²) in [7, 11) is 0. The van der Waals surface area contributed by atoms with E-state index in [1.54, 1.807) is 6.20 Å². The lowest BCUT2D eigenvalue weighted by molar-refractivity contribution is 1.26. The Balaban J connectivity index is 2.30.